The maximum Gasteiger partial charge on any atom is 0.386 e. The maximum absolute atomic E-state index is 13.0. The normalized spacial score (nSPS) is 12.0. The Morgan fingerprint density at radius 1 is 0.518 bits per heavy atom. The standard InChI is InChI=1S/C46H91N6O4/c1-3-5-7-9-11-13-15-17-19-21-23-25-27-29-31-37-45(53)55-50-52(51(44-36-40-48)43-34-33-41-49-42-35-39-47)56-46(54)38-32-30-28-26-24-22-20-18-16-14-12-10-8-6-4-2/h17-20,49H,3-16,21-44,47-48H2,1-2H3/q+1/b19-17-,20-18-,52-50-. The van der Waals surface area contributed by atoms with Crippen LogP contribution in [0.2, 0.25) is 0 Å². The summed E-state index contributed by atoms with van der Waals surface area (Å²) in [7, 11) is 0. The molecule has 0 aliphatic heterocycles. The monoisotopic (exact) mass is 792 g/mol. The minimum Gasteiger partial charge on any atom is -0.330 e. The molecule has 0 amide bonds. The summed E-state index contributed by atoms with van der Waals surface area (Å²) < 4.78 is 0. The number of carbonyl (C=O) groups is 2. The molecule has 10 heteroatoms. The van der Waals surface area contributed by atoms with E-state index >= 15 is 0 Å². The van der Waals surface area contributed by atoms with Gasteiger partial charge in [0.25, 0.3) is 10.2 Å². The fraction of sp³-hybridized carbons (Fsp3) is 0.870. The van der Waals surface area contributed by atoms with Gasteiger partial charge in [-0.1, -0.05) is 141 Å². The van der Waals surface area contributed by atoms with Gasteiger partial charge in [-0.25, -0.2) is 9.59 Å². The van der Waals surface area contributed by atoms with Crippen LogP contribution in [0, 0.1) is 0 Å². The molecule has 0 fully saturated rings. The third-order valence-corrected chi connectivity index (χ3v) is 10.1. The Kier molecular flexibility index (Phi) is 43.5. The minimum absolute atomic E-state index is 0.287. The fourth-order valence-corrected chi connectivity index (χ4v) is 6.52. The molecule has 56 heavy (non-hydrogen) atoms. The summed E-state index contributed by atoms with van der Waals surface area (Å²) in [6, 6.07) is 0. The quantitative estimate of drug-likeness (QED) is 0.0182. The van der Waals surface area contributed by atoms with Crippen molar-refractivity contribution in [2.75, 3.05) is 39.3 Å². The van der Waals surface area contributed by atoms with E-state index in [0.717, 1.165) is 88.7 Å². The maximum atomic E-state index is 13.0. The second kappa shape index (κ2) is 45.4. The Hall–Kier alpha value is -2.30. The third kappa shape index (κ3) is 39.9. The number of hydrogen-bond donors (Lipinski definition) is 3. The van der Waals surface area contributed by atoms with Gasteiger partial charge in [0.1, 0.15) is 0 Å². The van der Waals surface area contributed by atoms with Gasteiger partial charge >= 0.3 is 11.9 Å². The first kappa shape index (κ1) is 53.7. The molecule has 0 aliphatic rings. The SMILES string of the molecule is CCCCCCCC/C=C\CCCCCCCC(=O)O/N=[N+](\OC(=O)CCCCCCC/C=C\CCCCCCCC)N(CCCN)CCCCNCCCN. The molecule has 0 aromatic heterocycles. The van der Waals surface area contributed by atoms with E-state index in [2.05, 4.69) is 48.7 Å². The van der Waals surface area contributed by atoms with Crippen LogP contribution in [0.3, 0.4) is 0 Å². The summed E-state index contributed by atoms with van der Waals surface area (Å²) in [6.45, 7) is 8.59. The molecule has 0 heterocycles. The van der Waals surface area contributed by atoms with E-state index in [0.29, 0.717) is 39.0 Å². The van der Waals surface area contributed by atoms with Crippen molar-refractivity contribution in [1.82, 2.24) is 10.3 Å². The number of allylic oxidation sites excluding steroid dienone is 4. The van der Waals surface area contributed by atoms with E-state index in [4.69, 9.17) is 21.1 Å². The van der Waals surface area contributed by atoms with Crippen LogP contribution in [0.15, 0.2) is 29.6 Å². The summed E-state index contributed by atoms with van der Waals surface area (Å²) in [4.78, 5) is 37.8. The number of hydrogen-bond acceptors (Lipinski definition) is 8. The average Bonchev–Trinajstić information content (AvgIpc) is 3.20. The lowest BCUT2D eigenvalue weighted by molar-refractivity contribution is -0.928. The molecule has 0 unspecified atom stereocenters. The molecule has 0 bridgehead atoms. The van der Waals surface area contributed by atoms with Crippen molar-refractivity contribution >= 4 is 11.9 Å². The molecule has 0 atom stereocenters. The molecule has 0 aromatic carbocycles. The second-order valence-corrected chi connectivity index (χ2v) is 15.6. The fourth-order valence-electron chi connectivity index (χ4n) is 6.52. The number of unbranched alkanes of at least 4 members (excludes halogenated alkanes) is 23. The van der Waals surface area contributed by atoms with E-state index in [1.54, 1.807) is 0 Å². The van der Waals surface area contributed by atoms with Crippen LogP contribution in [0.5, 0.6) is 0 Å². The predicted molar refractivity (Wildman–Crippen MR) is 235 cm³/mol. The highest BCUT2D eigenvalue weighted by Crippen LogP contribution is 2.13. The lowest BCUT2D eigenvalue weighted by Crippen LogP contribution is -2.38. The molecular formula is C46H91N6O4+. The Labute approximate surface area is 345 Å². The Morgan fingerprint density at radius 3 is 1.41 bits per heavy atom. The first-order valence-electron chi connectivity index (χ1n) is 23.7. The van der Waals surface area contributed by atoms with Crippen molar-refractivity contribution in [2.45, 2.75) is 219 Å². The molecule has 0 saturated carbocycles. The number of nitrogens with one attached hydrogen (secondary N) is 1. The summed E-state index contributed by atoms with van der Waals surface area (Å²) in [5.41, 5.74) is 11.4. The van der Waals surface area contributed by atoms with Gasteiger partial charge in [-0.05, 0) is 116 Å². The predicted octanol–water partition coefficient (Wildman–Crippen LogP) is 11.7. The van der Waals surface area contributed by atoms with Crippen molar-refractivity contribution < 1.29 is 24.2 Å². The Balaban J connectivity index is 4.66. The van der Waals surface area contributed by atoms with E-state index in [1.807, 2.05) is 5.01 Å². The molecule has 10 nitrogen and oxygen atoms in total. The second-order valence-electron chi connectivity index (χ2n) is 15.6. The highest BCUT2D eigenvalue weighted by atomic mass is 16.8. The Morgan fingerprint density at radius 2 is 0.929 bits per heavy atom. The topological polar surface area (TPSA) is 135 Å². The molecule has 328 valence electrons. The molecule has 0 spiro atoms. The van der Waals surface area contributed by atoms with Gasteiger partial charge in [0.05, 0.1) is 19.5 Å². The van der Waals surface area contributed by atoms with Crippen LogP contribution in [-0.2, 0) is 19.3 Å². The molecule has 5 N–H and O–H groups in total. The summed E-state index contributed by atoms with van der Waals surface area (Å²) in [5.74, 6) is -0.787. The first-order chi connectivity index (χ1) is 27.6. The number of rotatable bonds is 44. The molecule has 0 aliphatic carbocycles. The smallest absolute Gasteiger partial charge is 0.330 e. The lowest BCUT2D eigenvalue weighted by Gasteiger charge is -2.14. The highest BCUT2D eigenvalue weighted by molar-refractivity contribution is 5.69. The zero-order chi connectivity index (χ0) is 40.8. The number of nitrogens with two attached hydrogens (primary N) is 2. The van der Waals surface area contributed by atoms with E-state index in [9.17, 15) is 9.59 Å². The number of hydrazine groups is 1. The first-order valence-corrected chi connectivity index (χ1v) is 23.7. The molecular weight excluding hydrogens is 701 g/mol. The molecule has 0 saturated heterocycles. The summed E-state index contributed by atoms with van der Waals surface area (Å²) in [5, 5.41) is 9.27. The number of carbonyl (C=O) groups excluding carboxylic acids is 2. The van der Waals surface area contributed by atoms with E-state index in [-0.39, 0.29) is 12.4 Å². The lowest BCUT2D eigenvalue weighted by atomic mass is 10.1. The van der Waals surface area contributed by atoms with Crippen molar-refractivity contribution in [3.05, 3.63) is 24.3 Å². The van der Waals surface area contributed by atoms with E-state index in [1.165, 1.54) is 116 Å². The van der Waals surface area contributed by atoms with Gasteiger partial charge in [-0.3, -0.25) is 4.84 Å². The Bertz CT molecular complexity index is 945. The van der Waals surface area contributed by atoms with Gasteiger partial charge in [0, 0.05) is 6.42 Å². The highest BCUT2D eigenvalue weighted by Gasteiger charge is 2.27. The largest absolute Gasteiger partial charge is 0.386 e. The van der Waals surface area contributed by atoms with Gasteiger partial charge < -0.3 is 16.8 Å². The van der Waals surface area contributed by atoms with Crippen LogP contribution >= 0.6 is 0 Å². The van der Waals surface area contributed by atoms with Gasteiger partial charge in [-0.15, -0.1) is 9.85 Å². The zero-order valence-electron chi connectivity index (χ0n) is 36.8. The summed E-state index contributed by atoms with van der Waals surface area (Å²) >= 11 is 0. The zero-order valence-corrected chi connectivity index (χ0v) is 36.8. The van der Waals surface area contributed by atoms with Crippen molar-refractivity contribution in [1.29, 1.82) is 0 Å². The van der Waals surface area contributed by atoms with Crippen LogP contribution in [0.25, 0.3) is 0 Å². The summed E-state index contributed by atoms with van der Waals surface area (Å²) in [6.07, 6.45) is 44.6. The van der Waals surface area contributed by atoms with Gasteiger partial charge in [-0.2, -0.15) is 0 Å². The average molecular weight is 792 g/mol. The van der Waals surface area contributed by atoms with E-state index < -0.39 is 5.97 Å². The van der Waals surface area contributed by atoms with Crippen LogP contribution < -0.4 is 16.8 Å². The molecule has 0 aromatic rings. The number of nitrogens with zero attached hydrogens (tertiary/aromatic N) is 3. The van der Waals surface area contributed by atoms with Crippen molar-refractivity contribution in [2.24, 2.45) is 16.7 Å². The molecule has 0 radical (unpaired) electrons. The van der Waals surface area contributed by atoms with Gasteiger partial charge in [0.2, 0.25) is 0 Å². The third-order valence-electron chi connectivity index (χ3n) is 10.1. The van der Waals surface area contributed by atoms with Crippen LogP contribution in [0.4, 0.5) is 0 Å². The minimum atomic E-state index is -0.413. The van der Waals surface area contributed by atoms with Crippen LogP contribution in [0.1, 0.15) is 219 Å². The van der Waals surface area contributed by atoms with Crippen molar-refractivity contribution in [3.8, 4) is 0 Å². The van der Waals surface area contributed by atoms with Crippen LogP contribution in [-0.4, -0.2) is 61.2 Å². The molecule has 0 rings (SSSR count). The van der Waals surface area contributed by atoms with Gasteiger partial charge in [0.15, 0.2) is 0 Å². The van der Waals surface area contributed by atoms with Crippen molar-refractivity contribution in [3.63, 3.8) is 0 Å².